The number of hydrogen-bond acceptors (Lipinski definition) is 2. The predicted octanol–water partition coefficient (Wildman–Crippen LogP) is -2.66. The third-order valence-corrected chi connectivity index (χ3v) is 0.553. The van der Waals surface area contributed by atoms with Crippen LogP contribution >= 0.6 is 0 Å². The van der Waals surface area contributed by atoms with Gasteiger partial charge in [-0.3, -0.25) is 9.59 Å². The van der Waals surface area contributed by atoms with Crippen LogP contribution < -0.4 is 0 Å². The van der Waals surface area contributed by atoms with E-state index in [9.17, 15) is 9.59 Å². The van der Waals surface area contributed by atoms with E-state index in [4.69, 9.17) is 10.2 Å². The number of rotatable bonds is 3. The summed E-state index contributed by atoms with van der Waals surface area (Å²) in [6.45, 7) is 0. The molecular weight excluding hydrogens is 204 g/mol. The van der Waals surface area contributed by atoms with Gasteiger partial charge in [-0.1, -0.05) is 0 Å². The second-order valence-electron chi connectivity index (χ2n) is 1.29. The van der Waals surface area contributed by atoms with Gasteiger partial charge in [-0.15, -0.1) is 0 Å². The molecule has 0 bridgehead atoms. The first-order valence-electron chi connectivity index (χ1n) is 2.06. The van der Waals surface area contributed by atoms with Crippen molar-refractivity contribution in [1.29, 1.82) is 0 Å². The number of carboxylic acid groups (broad SMARTS) is 2. The van der Waals surface area contributed by atoms with E-state index in [1.54, 1.807) is 0 Å². The molecule has 0 radical (unpaired) electrons. The standard InChI is InChI=1S/C4H6O4.4Na.4H/c5-3(6)1-2-4(7)8;;;;;;;;/h1-2H2,(H,5,6)(H,7,8);;;;;;;;. The SMILES string of the molecule is O=C(O)CCC(=O)O.[NaH].[NaH].[NaH].[NaH]. The predicted molar refractivity (Wildman–Crippen MR) is 53.1 cm³/mol. The molecule has 0 unspecified atom stereocenters. The Balaban J connectivity index is -0.0000000408. The van der Waals surface area contributed by atoms with Crippen LogP contribution in [0.25, 0.3) is 0 Å². The van der Waals surface area contributed by atoms with Gasteiger partial charge in [-0.25, -0.2) is 0 Å². The molecule has 0 aromatic heterocycles. The Hall–Kier alpha value is 2.94. The monoisotopic (exact) mass is 214 g/mol. The van der Waals surface area contributed by atoms with Gasteiger partial charge in [0.05, 0.1) is 12.8 Å². The van der Waals surface area contributed by atoms with Crippen LogP contribution in [-0.4, -0.2) is 140 Å². The van der Waals surface area contributed by atoms with Gasteiger partial charge in [-0.2, -0.15) is 0 Å². The Bertz CT molecular complexity index is 104. The molecule has 0 rings (SSSR count). The minimum absolute atomic E-state index is 0. The van der Waals surface area contributed by atoms with Crippen molar-refractivity contribution in [1.82, 2.24) is 0 Å². The van der Waals surface area contributed by atoms with Gasteiger partial charge in [-0.05, 0) is 0 Å². The normalized spacial score (nSPS) is 5.67. The zero-order valence-electron chi connectivity index (χ0n) is 4.13. The zero-order valence-corrected chi connectivity index (χ0v) is 4.13. The quantitative estimate of drug-likeness (QED) is 0.503. The van der Waals surface area contributed by atoms with Crippen molar-refractivity contribution in [3.05, 3.63) is 0 Å². The van der Waals surface area contributed by atoms with E-state index in [1.807, 2.05) is 0 Å². The summed E-state index contributed by atoms with van der Waals surface area (Å²) < 4.78 is 0. The number of hydrogen-bond donors (Lipinski definition) is 2. The molecule has 0 spiro atoms. The Kier molecular flexibility index (Phi) is 47.8. The summed E-state index contributed by atoms with van der Waals surface area (Å²) in [4.78, 5) is 19.3. The van der Waals surface area contributed by atoms with Crippen molar-refractivity contribution in [3.8, 4) is 0 Å². The topological polar surface area (TPSA) is 74.6 Å². The Morgan fingerprint density at radius 1 is 0.750 bits per heavy atom. The van der Waals surface area contributed by atoms with E-state index in [0.29, 0.717) is 0 Å². The number of aliphatic carboxylic acids is 2. The molecule has 0 amide bonds. The molecule has 0 atom stereocenters. The Morgan fingerprint density at radius 3 is 1.00 bits per heavy atom. The summed E-state index contributed by atoms with van der Waals surface area (Å²) in [6.07, 6.45) is -0.593. The molecule has 8 heteroatoms. The van der Waals surface area contributed by atoms with Crippen LogP contribution in [0.2, 0.25) is 0 Å². The maximum absolute atomic E-state index is 9.64. The molecule has 54 valence electrons. The molecule has 0 aliphatic heterocycles. The van der Waals surface area contributed by atoms with E-state index < -0.39 is 11.9 Å². The number of carboxylic acids is 2. The molecule has 0 saturated heterocycles. The Labute approximate surface area is 159 Å². The van der Waals surface area contributed by atoms with Crippen LogP contribution in [-0.2, 0) is 9.59 Å². The average molecular weight is 214 g/mol. The molecule has 0 fully saturated rings. The molecule has 0 saturated carbocycles. The number of carbonyl (C=O) groups is 2. The molecule has 0 aliphatic carbocycles. The van der Waals surface area contributed by atoms with Crippen LogP contribution in [0, 0.1) is 0 Å². The molecule has 0 aliphatic rings. The van der Waals surface area contributed by atoms with E-state index >= 15 is 0 Å². The molecule has 0 aromatic carbocycles. The molecule has 0 heterocycles. The fraction of sp³-hybridized carbons (Fsp3) is 0.500. The summed E-state index contributed by atoms with van der Waals surface area (Å²) in [5.74, 6) is -2.15. The van der Waals surface area contributed by atoms with E-state index in [1.165, 1.54) is 0 Å². The first kappa shape index (κ1) is 29.4. The van der Waals surface area contributed by atoms with E-state index in [0.717, 1.165) is 0 Å². The van der Waals surface area contributed by atoms with Gasteiger partial charge in [0.15, 0.2) is 0 Å². The average Bonchev–Trinajstić information content (AvgIpc) is 1.61. The fourth-order valence-corrected chi connectivity index (χ4v) is 0.214. The van der Waals surface area contributed by atoms with Crippen molar-refractivity contribution in [2.75, 3.05) is 0 Å². The van der Waals surface area contributed by atoms with Crippen LogP contribution in [0.3, 0.4) is 0 Å². The van der Waals surface area contributed by atoms with Crippen molar-refractivity contribution in [2.45, 2.75) is 12.8 Å². The summed E-state index contributed by atoms with van der Waals surface area (Å²) in [6, 6.07) is 0. The molecule has 12 heavy (non-hydrogen) atoms. The van der Waals surface area contributed by atoms with Gasteiger partial charge in [0.2, 0.25) is 0 Å². The fourth-order valence-electron chi connectivity index (χ4n) is 0.214. The van der Waals surface area contributed by atoms with Gasteiger partial charge >= 0.3 is 130 Å². The third-order valence-electron chi connectivity index (χ3n) is 0.553. The van der Waals surface area contributed by atoms with Crippen LogP contribution in [0.4, 0.5) is 0 Å². The first-order valence-corrected chi connectivity index (χ1v) is 2.06. The molecular formula is C4H10Na4O4. The van der Waals surface area contributed by atoms with E-state index in [2.05, 4.69) is 0 Å². The van der Waals surface area contributed by atoms with Crippen molar-refractivity contribution in [3.63, 3.8) is 0 Å². The van der Waals surface area contributed by atoms with Crippen LogP contribution in [0.5, 0.6) is 0 Å². The third kappa shape index (κ3) is 29.3. The van der Waals surface area contributed by atoms with Crippen LogP contribution in [0.1, 0.15) is 12.8 Å². The van der Waals surface area contributed by atoms with Gasteiger partial charge < -0.3 is 10.2 Å². The van der Waals surface area contributed by atoms with Gasteiger partial charge in [0.1, 0.15) is 0 Å². The molecule has 4 nitrogen and oxygen atoms in total. The minimum atomic E-state index is -1.08. The summed E-state index contributed by atoms with van der Waals surface area (Å²) in [7, 11) is 0. The Morgan fingerprint density at radius 2 is 0.917 bits per heavy atom. The summed E-state index contributed by atoms with van der Waals surface area (Å²) in [5.41, 5.74) is 0. The van der Waals surface area contributed by atoms with Crippen LogP contribution in [0.15, 0.2) is 0 Å². The van der Waals surface area contributed by atoms with Gasteiger partial charge in [0.25, 0.3) is 0 Å². The molecule has 0 aromatic rings. The zero-order chi connectivity index (χ0) is 6.57. The van der Waals surface area contributed by atoms with Crippen molar-refractivity contribution in [2.24, 2.45) is 0 Å². The van der Waals surface area contributed by atoms with E-state index in [-0.39, 0.29) is 131 Å². The van der Waals surface area contributed by atoms with Gasteiger partial charge in [0, 0.05) is 0 Å². The second kappa shape index (κ2) is 19.5. The van der Waals surface area contributed by atoms with Crippen molar-refractivity contribution < 1.29 is 19.8 Å². The maximum atomic E-state index is 9.64. The van der Waals surface area contributed by atoms with Crippen molar-refractivity contribution >= 4 is 130 Å². The molecule has 2 N–H and O–H groups in total. The second-order valence-corrected chi connectivity index (χ2v) is 1.29. The first-order chi connectivity index (χ1) is 3.63. The summed E-state index contributed by atoms with van der Waals surface area (Å²) >= 11 is 0. The summed E-state index contributed by atoms with van der Waals surface area (Å²) in [5, 5.41) is 15.8.